The summed E-state index contributed by atoms with van der Waals surface area (Å²) >= 11 is 3.18. The molecule has 1 aliphatic heterocycles. The molecule has 7 heteroatoms. The van der Waals surface area contributed by atoms with Crippen molar-refractivity contribution in [3.8, 4) is 0 Å². The summed E-state index contributed by atoms with van der Waals surface area (Å²) in [6.45, 7) is 1.55. The maximum atomic E-state index is 11.7. The molecule has 1 fully saturated rings. The van der Waals surface area contributed by atoms with Crippen LogP contribution in [0.5, 0.6) is 0 Å². The minimum atomic E-state index is -3.44. The molecule has 0 saturated carbocycles. The van der Waals surface area contributed by atoms with E-state index in [2.05, 4.69) is 0 Å². The van der Waals surface area contributed by atoms with Gasteiger partial charge in [0.25, 0.3) is 0 Å². The summed E-state index contributed by atoms with van der Waals surface area (Å²) in [5.41, 5.74) is 0. The van der Waals surface area contributed by atoms with Crippen LogP contribution in [0.3, 0.4) is 0 Å². The third-order valence-electron chi connectivity index (χ3n) is 2.35. The Bertz CT molecular complexity index is 393. The van der Waals surface area contributed by atoms with Crippen molar-refractivity contribution < 1.29 is 17.1 Å². The maximum absolute atomic E-state index is 11.7. The molecule has 0 aromatic carbocycles. The van der Waals surface area contributed by atoms with Crippen LogP contribution in [0.2, 0.25) is 0 Å². The first kappa shape index (κ1) is 16.0. The van der Waals surface area contributed by atoms with E-state index in [1.54, 1.807) is 18.7 Å². The quantitative estimate of drug-likeness (QED) is 0.531. The van der Waals surface area contributed by atoms with Gasteiger partial charge < -0.3 is 4.79 Å². The summed E-state index contributed by atoms with van der Waals surface area (Å²) in [6, 6.07) is 0. The number of Topliss-reactive ketones (excluding diaryl/α,β-unsaturated/α-hetero) is 1. The van der Waals surface area contributed by atoms with Crippen molar-refractivity contribution in [2.75, 3.05) is 23.0 Å². The van der Waals surface area contributed by atoms with Crippen LogP contribution in [0.4, 0.5) is 0 Å². The van der Waals surface area contributed by atoms with Gasteiger partial charge in [-0.25, -0.2) is 0 Å². The van der Waals surface area contributed by atoms with E-state index in [1.165, 1.54) is 11.8 Å². The monoisotopic (exact) mass is 311 g/mol. The second kappa shape index (κ2) is 8.22. The van der Waals surface area contributed by atoms with Crippen molar-refractivity contribution in [1.82, 2.24) is 0 Å². The lowest BCUT2D eigenvalue weighted by Gasteiger charge is -2.02. The molecule has 18 heavy (non-hydrogen) atoms. The molecule has 0 aromatic rings. The number of carbonyl (C=O) groups excluding carboxylic acids is 2. The van der Waals surface area contributed by atoms with Gasteiger partial charge in [0.15, 0.2) is 0 Å². The topological polar surface area (TPSA) is 62.5 Å². The highest BCUT2D eigenvalue weighted by Gasteiger charge is 2.27. The Morgan fingerprint density at radius 3 is 2.67 bits per heavy atom. The summed E-state index contributed by atoms with van der Waals surface area (Å²) < 4.78 is 28.4. The third-order valence-corrected chi connectivity index (χ3v) is 6.06. The normalized spacial score (nSPS) is 19.1. The average molecular weight is 311 g/mol. The van der Waals surface area contributed by atoms with Gasteiger partial charge in [-0.15, -0.1) is 24.1 Å². The van der Waals surface area contributed by atoms with Crippen LogP contribution in [0.15, 0.2) is 0 Å². The lowest BCUT2D eigenvalue weighted by molar-refractivity contribution is -0.263. The Hall–Kier alpha value is -0.0100. The fourth-order valence-corrected chi connectivity index (χ4v) is 5.02. The van der Waals surface area contributed by atoms with Crippen molar-refractivity contribution in [2.24, 2.45) is 0 Å². The molecule has 0 atom stereocenters. The van der Waals surface area contributed by atoms with E-state index in [4.69, 9.17) is 3.87 Å². The number of hydrogen-bond acceptors (Lipinski definition) is 5. The Morgan fingerprint density at radius 2 is 2.06 bits per heavy atom. The fourth-order valence-electron chi connectivity index (χ4n) is 1.47. The van der Waals surface area contributed by atoms with Crippen molar-refractivity contribution in [1.29, 1.82) is 0 Å². The Morgan fingerprint density at radius 1 is 1.28 bits per heavy atom. The number of carbonyl (C=O) groups is 1. The fraction of sp³-hybridized carbons (Fsp3) is 0.818. The zero-order chi connectivity index (χ0) is 13.4. The maximum Gasteiger partial charge on any atom is 0.496 e. The molecule has 0 aromatic heterocycles. The van der Waals surface area contributed by atoms with Crippen LogP contribution in [-0.4, -0.2) is 42.3 Å². The van der Waals surface area contributed by atoms with Gasteiger partial charge in [0.1, 0.15) is 17.3 Å². The highest BCUT2D eigenvalue weighted by atomic mass is 32.2. The standard InChI is InChI=1S/C11H19O4S3/c1-10(12)5-3-2-4-8-18(13,14)15-11-9-16-6-7-17-11/h2-9H2,1H3/q+1. The van der Waals surface area contributed by atoms with E-state index >= 15 is 0 Å². The van der Waals surface area contributed by atoms with Gasteiger partial charge in [0.05, 0.1) is 0 Å². The predicted octanol–water partition coefficient (Wildman–Crippen LogP) is 2.01. The van der Waals surface area contributed by atoms with E-state index in [9.17, 15) is 13.2 Å². The van der Waals surface area contributed by atoms with E-state index in [1.807, 2.05) is 0 Å². The van der Waals surface area contributed by atoms with Gasteiger partial charge in [-0.3, -0.25) is 0 Å². The molecular weight excluding hydrogens is 292 g/mol. The van der Waals surface area contributed by atoms with Gasteiger partial charge >= 0.3 is 15.2 Å². The molecule has 0 aliphatic carbocycles. The van der Waals surface area contributed by atoms with Crippen molar-refractivity contribution in [3.05, 3.63) is 0 Å². The van der Waals surface area contributed by atoms with Crippen molar-refractivity contribution >= 4 is 44.5 Å². The first-order valence-electron chi connectivity index (χ1n) is 5.97. The minimum absolute atomic E-state index is 0.0413. The zero-order valence-electron chi connectivity index (χ0n) is 10.5. The predicted molar refractivity (Wildman–Crippen MR) is 77.7 cm³/mol. The minimum Gasteiger partial charge on any atom is -0.300 e. The molecule has 0 radical (unpaired) electrons. The molecule has 0 spiro atoms. The van der Waals surface area contributed by atoms with Gasteiger partial charge in [0.2, 0.25) is 0 Å². The van der Waals surface area contributed by atoms with Crippen LogP contribution >= 0.6 is 23.5 Å². The van der Waals surface area contributed by atoms with Gasteiger partial charge in [0, 0.05) is 17.9 Å². The molecule has 1 saturated heterocycles. The van der Waals surface area contributed by atoms with Gasteiger partial charge in [-0.1, -0.05) is 6.42 Å². The van der Waals surface area contributed by atoms with Crippen LogP contribution in [0, 0.1) is 0 Å². The van der Waals surface area contributed by atoms with Crippen molar-refractivity contribution in [2.45, 2.75) is 32.6 Å². The van der Waals surface area contributed by atoms with Crippen molar-refractivity contribution in [3.63, 3.8) is 0 Å². The lowest BCUT2D eigenvalue weighted by atomic mass is 10.2. The van der Waals surface area contributed by atoms with Crippen LogP contribution in [0.25, 0.3) is 0 Å². The molecule has 0 bridgehead atoms. The van der Waals surface area contributed by atoms with Gasteiger partial charge in [-0.2, -0.15) is 0 Å². The Labute approximate surface area is 117 Å². The first-order chi connectivity index (χ1) is 8.49. The van der Waals surface area contributed by atoms with E-state index in [-0.39, 0.29) is 11.5 Å². The summed E-state index contributed by atoms with van der Waals surface area (Å²) in [5.74, 6) is 2.81. The lowest BCUT2D eigenvalue weighted by Crippen LogP contribution is -2.15. The smallest absolute Gasteiger partial charge is 0.300 e. The summed E-state index contributed by atoms with van der Waals surface area (Å²) in [5, 5.41) is 0.606. The number of hydrogen-bond donors (Lipinski definition) is 0. The summed E-state index contributed by atoms with van der Waals surface area (Å²) in [6.07, 6.45) is 2.59. The number of ketones is 1. The second-order valence-electron chi connectivity index (χ2n) is 4.13. The number of thioether (sulfide) groups is 2. The molecule has 1 heterocycles. The second-order valence-corrected chi connectivity index (χ2v) is 8.08. The Balaban J connectivity index is 2.28. The average Bonchev–Trinajstić information content (AvgIpc) is 2.28. The van der Waals surface area contributed by atoms with E-state index in [0.717, 1.165) is 24.3 Å². The molecule has 1 rings (SSSR count). The molecule has 0 unspecified atom stereocenters. The summed E-state index contributed by atoms with van der Waals surface area (Å²) in [4.78, 5) is 10.7. The SMILES string of the molecule is CC(=O)CCCCCS(=O)(=O)[O+]=C1CSCCS1. The van der Waals surface area contributed by atoms with Crippen LogP contribution < -0.4 is 0 Å². The first-order valence-corrected chi connectivity index (χ1v) is 9.69. The highest BCUT2D eigenvalue weighted by molar-refractivity contribution is 8.18. The number of unbranched alkanes of at least 4 members (excludes halogenated alkanes) is 2. The number of rotatable bonds is 7. The highest BCUT2D eigenvalue weighted by Crippen LogP contribution is 2.18. The van der Waals surface area contributed by atoms with E-state index in [0.29, 0.717) is 23.7 Å². The zero-order valence-corrected chi connectivity index (χ0v) is 13.0. The molecule has 104 valence electrons. The van der Waals surface area contributed by atoms with Crippen LogP contribution in [-0.2, 0) is 18.8 Å². The largest absolute Gasteiger partial charge is 0.496 e. The third kappa shape index (κ3) is 7.43. The molecule has 1 aliphatic rings. The van der Waals surface area contributed by atoms with Gasteiger partial charge in [-0.05, 0) is 31.5 Å². The molecule has 0 amide bonds. The molecule has 0 N–H and O–H groups in total. The molecular formula is C11H19O4S3+. The van der Waals surface area contributed by atoms with E-state index < -0.39 is 10.1 Å². The Kier molecular flexibility index (Phi) is 7.33. The van der Waals surface area contributed by atoms with Crippen LogP contribution in [0.1, 0.15) is 32.6 Å². The summed E-state index contributed by atoms with van der Waals surface area (Å²) in [7, 11) is -3.44. The molecule has 4 nitrogen and oxygen atoms in total.